The van der Waals surface area contributed by atoms with Gasteiger partial charge in [-0.3, -0.25) is 4.68 Å². The molecule has 0 aliphatic heterocycles. The first kappa shape index (κ1) is 11.6. The minimum absolute atomic E-state index is 0.443. The summed E-state index contributed by atoms with van der Waals surface area (Å²) < 4.78 is 12.1. The SMILES string of the molecule is COCc1nc(-c2ccccc2OC)nn1C. The minimum atomic E-state index is 0.443. The summed E-state index contributed by atoms with van der Waals surface area (Å²) in [6.45, 7) is 0.443. The number of para-hydroxylation sites is 1. The van der Waals surface area contributed by atoms with Crippen LogP contribution in [0, 0.1) is 0 Å². The van der Waals surface area contributed by atoms with Crippen LogP contribution in [0.5, 0.6) is 5.75 Å². The second kappa shape index (κ2) is 4.97. The van der Waals surface area contributed by atoms with Gasteiger partial charge in [-0.05, 0) is 12.1 Å². The molecule has 2 rings (SSSR count). The van der Waals surface area contributed by atoms with Crippen molar-refractivity contribution in [1.82, 2.24) is 14.8 Å². The Kier molecular flexibility index (Phi) is 3.39. The van der Waals surface area contributed by atoms with Crippen molar-refractivity contribution in [2.75, 3.05) is 14.2 Å². The van der Waals surface area contributed by atoms with Gasteiger partial charge in [0.1, 0.15) is 12.4 Å². The lowest BCUT2D eigenvalue weighted by molar-refractivity contribution is 0.174. The first-order valence-corrected chi connectivity index (χ1v) is 5.28. The molecule has 1 aromatic heterocycles. The number of rotatable bonds is 4. The maximum Gasteiger partial charge on any atom is 0.185 e. The van der Waals surface area contributed by atoms with Gasteiger partial charge in [0.2, 0.25) is 0 Å². The highest BCUT2D eigenvalue weighted by atomic mass is 16.5. The number of benzene rings is 1. The Morgan fingerprint density at radius 3 is 2.71 bits per heavy atom. The highest BCUT2D eigenvalue weighted by Gasteiger charge is 2.12. The van der Waals surface area contributed by atoms with E-state index in [2.05, 4.69) is 10.1 Å². The van der Waals surface area contributed by atoms with Gasteiger partial charge in [0.25, 0.3) is 0 Å². The highest BCUT2D eigenvalue weighted by molar-refractivity contribution is 5.63. The van der Waals surface area contributed by atoms with E-state index in [1.165, 1.54) is 0 Å². The van der Waals surface area contributed by atoms with Crippen molar-refractivity contribution in [1.29, 1.82) is 0 Å². The normalized spacial score (nSPS) is 10.5. The number of aryl methyl sites for hydroxylation is 1. The fraction of sp³-hybridized carbons (Fsp3) is 0.333. The van der Waals surface area contributed by atoms with E-state index in [1.807, 2.05) is 31.3 Å². The molecular weight excluding hydrogens is 218 g/mol. The fourth-order valence-electron chi connectivity index (χ4n) is 1.62. The zero-order valence-electron chi connectivity index (χ0n) is 10.2. The predicted octanol–water partition coefficient (Wildman–Crippen LogP) is 1.64. The quantitative estimate of drug-likeness (QED) is 0.805. The molecule has 0 atom stereocenters. The molecular formula is C12H15N3O2. The van der Waals surface area contributed by atoms with E-state index in [0.29, 0.717) is 12.4 Å². The summed E-state index contributed by atoms with van der Waals surface area (Å²) in [7, 11) is 5.12. The molecule has 0 spiro atoms. The fourth-order valence-corrected chi connectivity index (χ4v) is 1.62. The van der Waals surface area contributed by atoms with Gasteiger partial charge >= 0.3 is 0 Å². The lowest BCUT2D eigenvalue weighted by Gasteiger charge is -2.03. The van der Waals surface area contributed by atoms with E-state index < -0.39 is 0 Å². The maximum absolute atomic E-state index is 5.29. The van der Waals surface area contributed by atoms with Gasteiger partial charge in [0.15, 0.2) is 11.6 Å². The third kappa shape index (κ3) is 2.29. The smallest absolute Gasteiger partial charge is 0.185 e. The van der Waals surface area contributed by atoms with Gasteiger partial charge in [-0.1, -0.05) is 12.1 Å². The molecule has 2 aromatic rings. The molecule has 0 aliphatic carbocycles. The van der Waals surface area contributed by atoms with Crippen LogP contribution in [-0.2, 0) is 18.4 Å². The molecule has 0 aliphatic rings. The predicted molar refractivity (Wildman–Crippen MR) is 63.7 cm³/mol. The van der Waals surface area contributed by atoms with Gasteiger partial charge in [-0.25, -0.2) is 4.98 Å². The Morgan fingerprint density at radius 1 is 1.24 bits per heavy atom. The number of hydrogen-bond acceptors (Lipinski definition) is 4. The Hall–Kier alpha value is -1.88. The summed E-state index contributed by atoms with van der Waals surface area (Å²) in [5.41, 5.74) is 0.882. The Labute approximate surface area is 100 Å². The first-order chi connectivity index (χ1) is 8.26. The van der Waals surface area contributed by atoms with Crippen LogP contribution in [0.2, 0.25) is 0 Å². The van der Waals surface area contributed by atoms with Crippen LogP contribution in [0.15, 0.2) is 24.3 Å². The molecule has 1 heterocycles. The molecule has 5 nitrogen and oxygen atoms in total. The largest absolute Gasteiger partial charge is 0.496 e. The van der Waals surface area contributed by atoms with Crippen LogP contribution in [0.25, 0.3) is 11.4 Å². The van der Waals surface area contributed by atoms with Crippen LogP contribution in [-0.4, -0.2) is 29.0 Å². The topological polar surface area (TPSA) is 49.2 Å². The number of methoxy groups -OCH3 is 2. The van der Waals surface area contributed by atoms with Crippen LogP contribution in [0.3, 0.4) is 0 Å². The van der Waals surface area contributed by atoms with Crippen molar-refractivity contribution in [3.63, 3.8) is 0 Å². The molecule has 1 aromatic carbocycles. The van der Waals surface area contributed by atoms with Crippen LogP contribution >= 0.6 is 0 Å². The van der Waals surface area contributed by atoms with Crippen molar-refractivity contribution in [2.24, 2.45) is 7.05 Å². The summed E-state index contributed by atoms with van der Waals surface area (Å²) in [6, 6.07) is 7.68. The Bertz CT molecular complexity index is 508. The standard InChI is InChI=1S/C12H15N3O2/c1-15-11(8-16-2)13-12(14-15)9-6-4-5-7-10(9)17-3/h4-7H,8H2,1-3H3. The van der Waals surface area contributed by atoms with Crippen molar-refractivity contribution in [2.45, 2.75) is 6.61 Å². The summed E-state index contributed by atoms with van der Waals surface area (Å²) in [6.07, 6.45) is 0. The van der Waals surface area contributed by atoms with Crippen LogP contribution < -0.4 is 4.74 Å². The van der Waals surface area contributed by atoms with Gasteiger partial charge in [0.05, 0.1) is 12.7 Å². The second-order valence-electron chi connectivity index (χ2n) is 3.61. The lowest BCUT2D eigenvalue weighted by atomic mass is 10.2. The van der Waals surface area contributed by atoms with E-state index in [1.54, 1.807) is 18.9 Å². The van der Waals surface area contributed by atoms with Gasteiger partial charge < -0.3 is 9.47 Å². The molecule has 5 heteroatoms. The molecule has 0 saturated carbocycles. The molecule has 90 valence electrons. The summed E-state index contributed by atoms with van der Waals surface area (Å²) in [4.78, 5) is 4.43. The third-order valence-corrected chi connectivity index (χ3v) is 2.47. The molecule has 0 amide bonds. The van der Waals surface area contributed by atoms with Crippen molar-refractivity contribution < 1.29 is 9.47 Å². The first-order valence-electron chi connectivity index (χ1n) is 5.28. The maximum atomic E-state index is 5.29. The zero-order chi connectivity index (χ0) is 12.3. The Balaban J connectivity index is 2.42. The van der Waals surface area contributed by atoms with Gasteiger partial charge in [0, 0.05) is 14.2 Å². The summed E-state index contributed by atoms with van der Waals surface area (Å²) in [5, 5.41) is 4.35. The molecule has 0 bridgehead atoms. The molecule has 0 radical (unpaired) electrons. The van der Waals surface area contributed by atoms with Gasteiger partial charge in [-0.2, -0.15) is 5.10 Å². The van der Waals surface area contributed by atoms with E-state index in [0.717, 1.165) is 17.1 Å². The minimum Gasteiger partial charge on any atom is -0.496 e. The van der Waals surface area contributed by atoms with Crippen molar-refractivity contribution >= 4 is 0 Å². The summed E-state index contributed by atoms with van der Waals surface area (Å²) in [5.74, 6) is 2.20. The number of ether oxygens (including phenoxy) is 2. The molecule has 17 heavy (non-hydrogen) atoms. The van der Waals surface area contributed by atoms with E-state index in [9.17, 15) is 0 Å². The van der Waals surface area contributed by atoms with Crippen molar-refractivity contribution in [3.05, 3.63) is 30.1 Å². The molecule has 0 fully saturated rings. The van der Waals surface area contributed by atoms with Crippen molar-refractivity contribution in [3.8, 4) is 17.1 Å². The molecule has 0 N–H and O–H groups in total. The van der Waals surface area contributed by atoms with E-state index in [-0.39, 0.29) is 0 Å². The lowest BCUT2D eigenvalue weighted by Crippen LogP contribution is -2.00. The Morgan fingerprint density at radius 2 is 2.00 bits per heavy atom. The van der Waals surface area contributed by atoms with Gasteiger partial charge in [-0.15, -0.1) is 0 Å². The van der Waals surface area contributed by atoms with E-state index in [4.69, 9.17) is 9.47 Å². The zero-order valence-corrected chi connectivity index (χ0v) is 10.2. The summed E-state index contributed by atoms with van der Waals surface area (Å²) >= 11 is 0. The second-order valence-corrected chi connectivity index (χ2v) is 3.61. The number of nitrogens with zero attached hydrogens (tertiary/aromatic N) is 3. The van der Waals surface area contributed by atoms with Crippen LogP contribution in [0.1, 0.15) is 5.82 Å². The van der Waals surface area contributed by atoms with E-state index >= 15 is 0 Å². The molecule has 0 unspecified atom stereocenters. The average molecular weight is 233 g/mol. The highest BCUT2D eigenvalue weighted by Crippen LogP contribution is 2.26. The van der Waals surface area contributed by atoms with Crippen LogP contribution in [0.4, 0.5) is 0 Å². The monoisotopic (exact) mass is 233 g/mol. The number of aromatic nitrogens is 3. The molecule has 0 saturated heterocycles. The number of hydrogen-bond donors (Lipinski definition) is 0. The third-order valence-electron chi connectivity index (χ3n) is 2.47. The average Bonchev–Trinajstić information content (AvgIpc) is 2.71.